The van der Waals surface area contributed by atoms with Gasteiger partial charge < -0.3 is 14.8 Å². The van der Waals surface area contributed by atoms with Crippen LogP contribution in [0.15, 0.2) is 59.4 Å². The molecule has 28 heavy (non-hydrogen) atoms. The number of para-hydroxylation sites is 2. The van der Waals surface area contributed by atoms with Crippen LogP contribution in [-0.2, 0) is 6.42 Å². The minimum absolute atomic E-state index is 0.145. The maximum atomic E-state index is 12.5. The van der Waals surface area contributed by atoms with E-state index in [1.807, 2.05) is 36.4 Å². The monoisotopic (exact) mass is 379 g/mol. The van der Waals surface area contributed by atoms with Crippen molar-refractivity contribution in [3.8, 4) is 17.2 Å². The van der Waals surface area contributed by atoms with Gasteiger partial charge in [0.2, 0.25) is 0 Å². The molecule has 2 N–H and O–H groups in total. The molecule has 144 valence electrons. The summed E-state index contributed by atoms with van der Waals surface area (Å²) in [6, 6.07) is 16.2. The molecule has 1 atom stereocenters. The number of nitrogens with one attached hydrogen (secondary N) is 2. The van der Waals surface area contributed by atoms with Crippen molar-refractivity contribution < 1.29 is 14.3 Å². The largest absolute Gasteiger partial charge is 0.493 e. The van der Waals surface area contributed by atoms with Crippen molar-refractivity contribution in [2.45, 2.75) is 6.42 Å². The van der Waals surface area contributed by atoms with E-state index in [1.54, 1.807) is 19.2 Å². The van der Waals surface area contributed by atoms with Gasteiger partial charge in [-0.25, -0.2) is 4.68 Å². The zero-order chi connectivity index (χ0) is 19.5. The molecule has 3 aromatic rings. The Bertz CT molecular complexity index is 1040. The second-order valence-electron chi connectivity index (χ2n) is 6.72. The van der Waals surface area contributed by atoms with E-state index < -0.39 is 0 Å². The van der Waals surface area contributed by atoms with Crippen LogP contribution in [0.1, 0.15) is 16.1 Å². The second-order valence-corrected chi connectivity index (χ2v) is 6.72. The number of aromatic nitrogens is 2. The van der Waals surface area contributed by atoms with Crippen LogP contribution < -0.4 is 20.3 Å². The van der Waals surface area contributed by atoms with Crippen LogP contribution >= 0.6 is 0 Å². The Balaban J connectivity index is 1.41. The molecule has 0 radical (unpaired) electrons. The highest BCUT2D eigenvalue weighted by Gasteiger charge is 2.23. The van der Waals surface area contributed by atoms with E-state index in [0.29, 0.717) is 18.8 Å². The first-order valence-electron chi connectivity index (χ1n) is 9.10. The van der Waals surface area contributed by atoms with Crippen LogP contribution in [0.2, 0.25) is 0 Å². The highest BCUT2D eigenvalue weighted by molar-refractivity contribution is 5.92. The third kappa shape index (κ3) is 3.51. The number of carbonyl (C=O) groups is 1. The summed E-state index contributed by atoms with van der Waals surface area (Å²) in [6.45, 7) is 0.948. The lowest BCUT2D eigenvalue weighted by Crippen LogP contribution is -2.35. The number of hydrogen-bond acceptors (Lipinski definition) is 4. The minimum atomic E-state index is -0.316. The predicted molar refractivity (Wildman–Crippen MR) is 104 cm³/mol. The molecule has 0 spiro atoms. The molecule has 7 nitrogen and oxygen atoms in total. The van der Waals surface area contributed by atoms with E-state index in [4.69, 9.17) is 9.47 Å². The van der Waals surface area contributed by atoms with Gasteiger partial charge in [0.15, 0.2) is 11.5 Å². The fourth-order valence-corrected chi connectivity index (χ4v) is 3.36. The molecule has 0 fully saturated rings. The van der Waals surface area contributed by atoms with Gasteiger partial charge in [0.05, 0.1) is 19.4 Å². The predicted octanol–water partition coefficient (Wildman–Crippen LogP) is 2.16. The summed E-state index contributed by atoms with van der Waals surface area (Å²) in [5.74, 6) is 1.33. The van der Waals surface area contributed by atoms with Crippen LogP contribution in [0, 0.1) is 5.92 Å². The van der Waals surface area contributed by atoms with E-state index in [-0.39, 0.29) is 23.1 Å². The summed E-state index contributed by atoms with van der Waals surface area (Å²) in [4.78, 5) is 24.6. The van der Waals surface area contributed by atoms with Crippen LogP contribution in [0.5, 0.6) is 11.5 Å². The first-order chi connectivity index (χ1) is 13.7. The lowest BCUT2D eigenvalue weighted by molar-refractivity contribution is 0.0933. The zero-order valence-electron chi connectivity index (χ0n) is 15.5. The SMILES string of the molecule is COc1cccc2c1OCC(CNC(=O)c1cc(=O)n(-c3ccccc3)[nH]1)C2. The third-order valence-corrected chi connectivity index (χ3v) is 4.78. The molecule has 2 heterocycles. The van der Waals surface area contributed by atoms with Crippen molar-refractivity contribution >= 4 is 5.91 Å². The first kappa shape index (κ1) is 17.9. The van der Waals surface area contributed by atoms with E-state index in [2.05, 4.69) is 10.4 Å². The highest BCUT2D eigenvalue weighted by atomic mass is 16.5. The summed E-state index contributed by atoms with van der Waals surface area (Å²) in [7, 11) is 1.62. The second kappa shape index (κ2) is 7.64. The van der Waals surface area contributed by atoms with Gasteiger partial charge in [-0.2, -0.15) is 0 Å². The topological polar surface area (TPSA) is 85.3 Å². The number of H-pyrrole nitrogens is 1. The lowest BCUT2D eigenvalue weighted by atomic mass is 9.96. The van der Waals surface area contributed by atoms with Crippen LogP contribution in [-0.4, -0.2) is 35.9 Å². The highest BCUT2D eigenvalue weighted by Crippen LogP contribution is 2.35. The number of rotatable bonds is 5. The van der Waals surface area contributed by atoms with Crippen molar-refractivity contribution in [2.24, 2.45) is 5.92 Å². The Morgan fingerprint density at radius 3 is 2.86 bits per heavy atom. The molecule has 0 bridgehead atoms. The summed E-state index contributed by atoms with van der Waals surface area (Å²) >= 11 is 0. The van der Waals surface area contributed by atoms with Crippen molar-refractivity contribution in [1.29, 1.82) is 0 Å². The molecule has 2 aromatic carbocycles. The number of aromatic amines is 1. The van der Waals surface area contributed by atoms with Gasteiger partial charge in [-0.05, 0) is 30.2 Å². The molecule has 7 heteroatoms. The molecule has 1 amide bonds. The molecule has 0 aliphatic carbocycles. The minimum Gasteiger partial charge on any atom is -0.493 e. The number of amides is 1. The lowest BCUT2D eigenvalue weighted by Gasteiger charge is -2.26. The average molecular weight is 379 g/mol. The van der Waals surface area contributed by atoms with Crippen LogP contribution in [0.25, 0.3) is 5.69 Å². The molecule has 1 aliphatic rings. The fourth-order valence-electron chi connectivity index (χ4n) is 3.36. The number of ether oxygens (including phenoxy) is 2. The van der Waals surface area contributed by atoms with Gasteiger partial charge in [0.25, 0.3) is 11.5 Å². The van der Waals surface area contributed by atoms with Gasteiger partial charge in [-0.1, -0.05) is 30.3 Å². The summed E-state index contributed by atoms with van der Waals surface area (Å²) < 4.78 is 12.5. The van der Waals surface area contributed by atoms with E-state index in [1.165, 1.54) is 10.7 Å². The molecular formula is C21H21N3O4. The average Bonchev–Trinajstić information content (AvgIpc) is 3.13. The van der Waals surface area contributed by atoms with Crippen molar-refractivity contribution in [3.05, 3.63) is 76.2 Å². The Morgan fingerprint density at radius 2 is 2.07 bits per heavy atom. The maximum absolute atomic E-state index is 12.5. The molecule has 0 saturated carbocycles. The number of hydrogen-bond donors (Lipinski definition) is 2. The Kier molecular flexibility index (Phi) is 4.89. The molecule has 1 unspecified atom stereocenters. The smallest absolute Gasteiger partial charge is 0.271 e. The molecule has 4 rings (SSSR count). The van der Waals surface area contributed by atoms with Crippen LogP contribution in [0.3, 0.4) is 0 Å². The fraction of sp³-hybridized carbons (Fsp3) is 0.238. The Labute approximate surface area is 161 Å². The Morgan fingerprint density at radius 1 is 1.25 bits per heavy atom. The van der Waals surface area contributed by atoms with Crippen LogP contribution in [0.4, 0.5) is 0 Å². The Hall–Kier alpha value is -3.48. The number of benzene rings is 2. The molecule has 0 saturated heterocycles. The van der Waals surface area contributed by atoms with Crippen molar-refractivity contribution in [1.82, 2.24) is 15.1 Å². The number of fused-ring (bicyclic) bond motifs is 1. The number of carbonyl (C=O) groups excluding carboxylic acids is 1. The molecule has 1 aromatic heterocycles. The normalized spacial score (nSPS) is 15.4. The van der Waals surface area contributed by atoms with E-state index >= 15 is 0 Å². The summed E-state index contributed by atoms with van der Waals surface area (Å²) in [6.07, 6.45) is 0.786. The quantitative estimate of drug-likeness (QED) is 0.711. The first-order valence-corrected chi connectivity index (χ1v) is 9.10. The van der Waals surface area contributed by atoms with Gasteiger partial charge in [-0.15, -0.1) is 0 Å². The van der Waals surface area contributed by atoms with Gasteiger partial charge in [-0.3, -0.25) is 14.7 Å². The van der Waals surface area contributed by atoms with E-state index in [9.17, 15) is 9.59 Å². The number of methoxy groups -OCH3 is 1. The summed E-state index contributed by atoms with van der Waals surface area (Å²) in [5.41, 5.74) is 1.69. The standard InChI is InChI=1S/C21H21N3O4/c1-27-18-9-5-6-15-10-14(13-28-20(15)18)12-22-21(26)17-11-19(25)24(23-17)16-7-3-2-4-8-16/h2-9,11,14,23H,10,12-13H2,1H3,(H,22,26). The molecular weight excluding hydrogens is 358 g/mol. The van der Waals surface area contributed by atoms with Crippen molar-refractivity contribution in [2.75, 3.05) is 20.3 Å². The maximum Gasteiger partial charge on any atom is 0.271 e. The number of nitrogens with zero attached hydrogens (tertiary/aromatic N) is 1. The third-order valence-electron chi connectivity index (χ3n) is 4.78. The summed E-state index contributed by atoms with van der Waals surface area (Å²) in [5, 5.41) is 5.75. The van der Waals surface area contributed by atoms with Gasteiger partial charge in [0, 0.05) is 18.5 Å². The molecule has 1 aliphatic heterocycles. The van der Waals surface area contributed by atoms with Gasteiger partial charge >= 0.3 is 0 Å². The van der Waals surface area contributed by atoms with Crippen molar-refractivity contribution in [3.63, 3.8) is 0 Å². The zero-order valence-corrected chi connectivity index (χ0v) is 15.5. The van der Waals surface area contributed by atoms with Gasteiger partial charge in [0.1, 0.15) is 5.69 Å². The van der Waals surface area contributed by atoms with E-state index in [0.717, 1.165) is 23.5 Å².